The van der Waals surface area contributed by atoms with Gasteiger partial charge in [-0.3, -0.25) is 5.01 Å². The van der Waals surface area contributed by atoms with E-state index in [-0.39, 0.29) is 12.0 Å². The Morgan fingerprint density at radius 1 is 1.41 bits per heavy atom. The highest BCUT2D eigenvalue weighted by molar-refractivity contribution is 9.10. The van der Waals surface area contributed by atoms with Crippen molar-refractivity contribution in [2.45, 2.75) is 45.3 Å². The molecule has 0 amide bonds. The molecule has 0 saturated heterocycles. The van der Waals surface area contributed by atoms with Crippen LogP contribution in [-0.4, -0.2) is 29.6 Å². The monoisotopic (exact) mass is 366 g/mol. The van der Waals surface area contributed by atoms with Gasteiger partial charge in [0, 0.05) is 11.5 Å². The van der Waals surface area contributed by atoms with Crippen molar-refractivity contribution in [3.63, 3.8) is 0 Å². The van der Waals surface area contributed by atoms with Gasteiger partial charge in [-0.05, 0) is 51.2 Å². The fourth-order valence-corrected chi connectivity index (χ4v) is 4.01. The Hall–Kier alpha value is -1.30. The molecule has 6 heteroatoms. The second-order valence-corrected chi connectivity index (χ2v) is 7.91. The molecule has 2 aliphatic heterocycles. The zero-order chi connectivity index (χ0) is 15.8. The molecule has 2 heterocycles. The van der Waals surface area contributed by atoms with Gasteiger partial charge >= 0.3 is 0 Å². The summed E-state index contributed by atoms with van der Waals surface area (Å²) in [5.41, 5.74) is 2.16. The van der Waals surface area contributed by atoms with Crippen LogP contribution in [-0.2, 0) is 0 Å². The van der Waals surface area contributed by atoms with Crippen LogP contribution in [0.1, 0.15) is 32.3 Å². The van der Waals surface area contributed by atoms with Gasteiger partial charge in [0.1, 0.15) is 12.0 Å². The van der Waals surface area contributed by atoms with Crippen molar-refractivity contribution in [3.05, 3.63) is 21.9 Å². The number of benzene rings is 1. The van der Waals surface area contributed by atoms with Crippen LogP contribution in [0.3, 0.4) is 0 Å². The number of halogens is 2. The summed E-state index contributed by atoms with van der Waals surface area (Å²) in [5, 5.41) is 10.2. The fraction of sp³-hybridized carbons (Fsp3) is 0.562. The quantitative estimate of drug-likeness (QED) is 0.817. The normalized spacial score (nSPS) is 25.5. The Balaban J connectivity index is 1.97. The molecule has 3 aliphatic rings. The van der Waals surface area contributed by atoms with Gasteiger partial charge in [-0.2, -0.15) is 5.10 Å². The summed E-state index contributed by atoms with van der Waals surface area (Å²) < 4.78 is 15.4. The van der Waals surface area contributed by atoms with Crippen molar-refractivity contribution in [2.24, 2.45) is 11.0 Å². The third-order valence-corrected chi connectivity index (χ3v) is 5.68. The summed E-state index contributed by atoms with van der Waals surface area (Å²) in [7, 11) is 2.02. The van der Waals surface area contributed by atoms with E-state index < -0.39 is 5.54 Å². The van der Waals surface area contributed by atoms with Gasteiger partial charge < -0.3 is 10.2 Å². The first kappa shape index (κ1) is 14.3. The molecule has 1 unspecified atom stereocenters. The van der Waals surface area contributed by atoms with E-state index in [0.29, 0.717) is 11.6 Å². The predicted molar refractivity (Wildman–Crippen MR) is 90.7 cm³/mol. The summed E-state index contributed by atoms with van der Waals surface area (Å²) >= 11 is 3.49. The van der Waals surface area contributed by atoms with E-state index in [9.17, 15) is 4.39 Å². The minimum atomic E-state index is -0.397. The van der Waals surface area contributed by atoms with Crippen molar-refractivity contribution in [1.29, 1.82) is 0 Å². The molecule has 1 aliphatic carbocycles. The molecule has 0 bridgehead atoms. The summed E-state index contributed by atoms with van der Waals surface area (Å²) in [6.07, 6.45) is 2.63. The predicted octanol–water partition coefficient (Wildman–Crippen LogP) is 3.90. The van der Waals surface area contributed by atoms with Crippen LogP contribution >= 0.6 is 15.9 Å². The largest absolute Gasteiger partial charge is 0.369 e. The molecule has 1 fully saturated rings. The van der Waals surface area contributed by atoms with E-state index in [2.05, 4.69) is 40.0 Å². The number of hydrogen-bond donors (Lipinski definition) is 1. The van der Waals surface area contributed by atoms with E-state index in [4.69, 9.17) is 5.10 Å². The van der Waals surface area contributed by atoms with Gasteiger partial charge in [-0.15, -0.1) is 0 Å². The molecule has 1 atom stereocenters. The van der Waals surface area contributed by atoms with Crippen LogP contribution in [0.25, 0.3) is 0 Å². The Kier molecular flexibility index (Phi) is 2.84. The van der Waals surface area contributed by atoms with Gasteiger partial charge in [0.15, 0.2) is 5.84 Å². The topological polar surface area (TPSA) is 30.9 Å². The summed E-state index contributed by atoms with van der Waals surface area (Å²) in [6.45, 7) is 6.14. The second-order valence-electron chi connectivity index (χ2n) is 7.06. The van der Waals surface area contributed by atoms with Crippen molar-refractivity contribution >= 4 is 33.1 Å². The van der Waals surface area contributed by atoms with E-state index in [1.54, 1.807) is 6.07 Å². The van der Waals surface area contributed by atoms with Gasteiger partial charge in [-0.1, -0.05) is 15.9 Å². The number of rotatable bonds is 1. The van der Waals surface area contributed by atoms with Gasteiger partial charge in [0.25, 0.3) is 0 Å². The smallest absolute Gasteiger partial charge is 0.156 e. The molecule has 4 rings (SSSR count). The average molecular weight is 367 g/mol. The Morgan fingerprint density at radius 2 is 2.09 bits per heavy atom. The lowest BCUT2D eigenvalue weighted by Crippen LogP contribution is -2.56. The lowest BCUT2D eigenvalue weighted by atomic mass is 9.95. The van der Waals surface area contributed by atoms with Crippen molar-refractivity contribution in [1.82, 2.24) is 5.01 Å². The maximum absolute atomic E-state index is 14.6. The fourth-order valence-electron chi connectivity index (χ4n) is 3.62. The first-order valence-electron chi connectivity index (χ1n) is 7.69. The lowest BCUT2D eigenvalue weighted by Gasteiger charge is -2.43. The maximum Gasteiger partial charge on any atom is 0.156 e. The highest BCUT2D eigenvalue weighted by Crippen LogP contribution is 2.49. The molecule has 1 aromatic rings. The van der Waals surface area contributed by atoms with E-state index in [1.807, 2.05) is 19.0 Å². The van der Waals surface area contributed by atoms with Crippen LogP contribution in [0.4, 0.5) is 15.8 Å². The molecule has 0 radical (unpaired) electrons. The van der Waals surface area contributed by atoms with E-state index >= 15 is 0 Å². The Labute approximate surface area is 138 Å². The molecule has 1 aromatic carbocycles. The van der Waals surface area contributed by atoms with Gasteiger partial charge in [-0.25, -0.2) is 4.39 Å². The number of fused-ring (bicyclic) bond motifs is 3. The van der Waals surface area contributed by atoms with Crippen LogP contribution in [0.2, 0.25) is 0 Å². The SMILES string of the molecule is Cc1c(Br)cc(F)c2c1N1C(=NN(C)C1C1CC1)C(C)(C)N2. The van der Waals surface area contributed by atoms with Crippen LogP contribution in [0, 0.1) is 18.7 Å². The second kappa shape index (κ2) is 4.37. The first-order chi connectivity index (χ1) is 10.3. The number of anilines is 2. The number of nitrogens with one attached hydrogen (secondary N) is 1. The molecular formula is C16H20BrFN4. The molecule has 118 valence electrons. The first-order valence-corrected chi connectivity index (χ1v) is 8.48. The molecule has 22 heavy (non-hydrogen) atoms. The minimum Gasteiger partial charge on any atom is -0.369 e. The van der Waals surface area contributed by atoms with E-state index in [0.717, 1.165) is 21.6 Å². The highest BCUT2D eigenvalue weighted by atomic mass is 79.9. The summed E-state index contributed by atoms with van der Waals surface area (Å²) in [6, 6.07) is 1.55. The van der Waals surface area contributed by atoms with Gasteiger partial charge in [0.2, 0.25) is 0 Å². The number of hydrazone groups is 1. The molecule has 0 aromatic heterocycles. The molecular weight excluding hydrogens is 347 g/mol. The average Bonchev–Trinajstić information content (AvgIpc) is 3.19. The molecule has 1 saturated carbocycles. The van der Waals surface area contributed by atoms with Crippen molar-refractivity contribution in [3.8, 4) is 0 Å². The Morgan fingerprint density at radius 3 is 2.73 bits per heavy atom. The maximum atomic E-state index is 14.6. The number of hydrogen-bond acceptors (Lipinski definition) is 4. The van der Waals surface area contributed by atoms with Crippen molar-refractivity contribution in [2.75, 3.05) is 17.3 Å². The zero-order valence-electron chi connectivity index (χ0n) is 13.2. The molecule has 0 spiro atoms. The molecule has 4 nitrogen and oxygen atoms in total. The Bertz CT molecular complexity index is 696. The summed E-state index contributed by atoms with van der Waals surface area (Å²) in [5.74, 6) is 1.36. The number of amidine groups is 1. The van der Waals surface area contributed by atoms with E-state index in [1.165, 1.54) is 12.8 Å². The van der Waals surface area contributed by atoms with Crippen LogP contribution in [0.5, 0.6) is 0 Å². The third-order valence-electron chi connectivity index (χ3n) is 4.85. The van der Waals surface area contributed by atoms with Crippen LogP contribution in [0.15, 0.2) is 15.6 Å². The van der Waals surface area contributed by atoms with Crippen LogP contribution < -0.4 is 10.2 Å². The van der Waals surface area contributed by atoms with Gasteiger partial charge in [0.05, 0.1) is 16.9 Å². The highest BCUT2D eigenvalue weighted by Gasteiger charge is 2.51. The third kappa shape index (κ3) is 1.82. The van der Waals surface area contributed by atoms with Crippen molar-refractivity contribution < 1.29 is 4.39 Å². The minimum absolute atomic E-state index is 0.197. The summed E-state index contributed by atoms with van der Waals surface area (Å²) in [4.78, 5) is 2.26. The lowest BCUT2D eigenvalue weighted by molar-refractivity contribution is 0.259. The molecule has 1 N–H and O–H groups in total. The standard InChI is InChI=1S/C16H20BrFN4/c1-8-10(17)7-11(18)12-13(8)22-14(9-5-6-9)21(4)20-15(22)16(2,3)19-12/h7,9,14,19H,5-6H2,1-4H3. The number of nitrogens with zero attached hydrogens (tertiary/aromatic N) is 3. The zero-order valence-corrected chi connectivity index (χ0v) is 14.8.